The van der Waals surface area contributed by atoms with E-state index in [2.05, 4.69) is 11.9 Å². The minimum Gasteiger partial charge on any atom is -0.444 e. The van der Waals surface area contributed by atoms with E-state index in [0.717, 1.165) is 24.1 Å². The number of ether oxygens (including phenoxy) is 1. The number of benzene rings is 1. The van der Waals surface area contributed by atoms with Crippen molar-refractivity contribution in [1.29, 1.82) is 0 Å². The second-order valence-corrected chi connectivity index (χ2v) is 7.90. The largest absolute Gasteiger partial charge is 0.444 e. The molecule has 1 aromatic rings. The number of hydrogen-bond acceptors (Lipinski definition) is 3. The monoisotopic (exact) mass is 348 g/mol. The normalized spacial score (nSPS) is 20.9. The van der Waals surface area contributed by atoms with Gasteiger partial charge in [-0.1, -0.05) is 11.6 Å². The molecule has 138 valence electrons. The highest BCUT2D eigenvalue weighted by Gasteiger charge is 2.33. The van der Waals surface area contributed by atoms with Crippen LogP contribution in [-0.2, 0) is 4.74 Å². The predicted octanol–water partition coefficient (Wildman–Crippen LogP) is 4.83. The van der Waals surface area contributed by atoms with Crippen LogP contribution in [0, 0.1) is 11.7 Å². The third kappa shape index (κ3) is 6.07. The van der Waals surface area contributed by atoms with Crippen LogP contribution in [0.15, 0.2) is 36.4 Å². The second-order valence-electron chi connectivity index (χ2n) is 7.90. The number of carbonyl (C=O) groups excluding carboxylic acids is 1. The molecule has 1 fully saturated rings. The Morgan fingerprint density at radius 2 is 2.16 bits per heavy atom. The minimum absolute atomic E-state index is 0.164. The lowest BCUT2D eigenvalue weighted by atomic mass is 9.87. The number of nitrogens with one attached hydrogen (secondary N) is 1. The third-order valence-electron chi connectivity index (χ3n) is 4.17. The molecule has 4 nitrogen and oxygen atoms in total. The van der Waals surface area contributed by atoms with Gasteiger partial charge in [-0.15, -0.1) is 6.58 Å². The number of anilines is 1. The standard InChI is InChI=1S/C20H29FN2O2/c1-14(2)11-15-13-23(19(24)25-20(3,4)5)10-9-18(15)22-17-8-6-7-16(21)12-17/h6-8,12,15,18,22H,1,9-11,13H2,2-5H3/t15-,18+/m1/s1. The molecule has 2 rings (SSSR count). The summed E-state index contributed by atoms with van der Waals surface area (Å²) in [6.07, 6.45) is 1.32. The highest BCUT2D eigenvalue weighted by atomic mass is 19.1. The SMILES string of the molecule is C=C(C)C[C@@H]1CN(C(=O)OC(C)(C)C)CC[C@@H]1Nc1cccc(F)c1. The van der Waals surface area contributed by atoms with Gasteiger partial charge in [-0.2, -0.15) is 0 Å². The topological polar surface area (TPSA) is 41.6 Å². The van der Waals surface area contributed by atoms with Crippen LogP contribution in [0.3, 0.4) is 0 Å². The van der Waals surface area contributed by atoms with Crippen LogP contribution < -0.4 is 5.32 Å². The summed E-state index contributed by atoms with van der Waals surface area (Å²) in [5, 5.41) is 3.42. The molecule has 0 unspecified atom stereocenters. The van der Waals surface area contributed by atoms with Gasteiger partial charge in [0, 0.05) is 30.7 Å². The van der Waals surface area contributed by atoms with Crippen molar-refractivity contribution in [3.05, 3.63) is 42.2 Å². The first-order chi connectivity index (χ1) is 11.6. The fraction of sp³-hybridized carbons (Fsp3) is 0.550. The molecule has 1 amide bonds. The fourth-order valence-corrected chi connectivity index (χ4v) is 3.16. The van der Waals surface area contributed by atoms with Gasteiger partial charge >= 0.3 is 6.09 Å². The summed E-state index contributed by atoms with van der Waals surface area (Å²) in [6, 6.07) is 6.65. The molecule has 0 aliphatic carbocycles. The van der Waals surface area contributed by atoms with E-state index in [1.165, 1.54) is 12.1 Å². The van der Waals surface area contributed by atoms with Crippen LogP contribution in [0.1, 0.15) is 40.5 Å². The van der Waals surface area contributed by atoms with Gasteiger partial charge in [-0.25, -0.2) is 9.18 Å². The molecule has 0 bridgehead atoms. The zero-order valence-electron chi connectivity index (χ0n) is 15.6. The number of likely N-dealkylation sites (tertiary alicyclic amines) is 1. The van der Waals surface area contributed by atoms with Crippen LogP contribution in [0.5, 0.6) is 0 Å². The number of carbonyl (C=O) groups is 1. The number of hydrogen-bond donors (Lipinski definition) is 1. The van der Waals surface area contributed by atoms with E-state index in [4.69, 9.17) is 4.74 Å². The van der Waals surface area contributed by atoms with Gasteiger partial charge < -0.3 is 15.0 Å². The van der Waals surface area contributed by atoms with Gasteiger partial charge in [0.2, 0.25) is 0 Å². The lowest BCUT2D eigenvalue weighted by Gasteiger charge is -2.40. The Morgan fingerprint density at radius 1 is 1.44 bits per heavy atom. The average Bonchev–Trinajstić information content (AvgIpc) is 2.46. The van der Waals surface area contributed by atoms with Crippen LogP contribution in [-0.4, -0.2) is 35.7 Å². The van der Waals surface area contributed by atoms with Crippen molar-refractivity contribution in [1.82, 2.24) is 4.90 Å². The molecule has 5 heteroatoms. The number of amides is 1. The summed E-state index contributed by atoms with van der Waals surface area (Å²) in [5.41, 5.74) is 1.34. The summed E-state index contributed by atoms with van der Waals surface area (Å²) in [7, 11) is 0. The summed E-state index contributed by atoms with van der Waals surface area (Å²) >= 11 is 0. The fourth-order valence-electron chi connectivity index (χ4n) is 3.16. The molecule has 1 aliphatic heterocycles. The van der Waals surface area contributed by atoms with Crippen LogP contribution in [0.2, 0.25) is 0 Å². The van der Waals surface area contributed by atoms with Crippen molar-refractivity contribution in [3.8, 4) is 0 Å². The van der Waals surface area contributed by atoms with E-state index in [9.17, 15) is 9.18 Å². The average molecular weight is 348 g/mol. The van der Waals surface area contributed by atoms with Gasteiger partial charge in [0.1, 0.15) is 11.4 Å². The minimum atomic E-state index is -0.502. The lowest BCUT2D eigenvalue weighted by molar-refractivity contribution is 0.0155. The highest BCUT2D eigenvalue weighted by Crippen LogP contribution is 2.27. The number of allylic oxidation sites excluding steroid dienone is 1. The molecule has 1 saturated heterocycles. The number of nitrogens with zero attached hydrogens (tertiary/aromatic N) is 1. The Balaban J connectivity index is 2.06. The second kappa shape index (κ2) is 7.89. The quantitative estimate of drug-likeness (QED) is 0.793. The van der Waals surface area contributed by atoms with Crippen molar-refractivity contribution in [2.45, 2.75) is 52.2 Å². The first-order valence-electron chi connectivity index (χ1n) is 8.78. The van der Waals surface area contributed by atoms with E-state index >= 15 is 0 Å². The van der Waals surface area contributed by atoms with Gasteiger partial charge in [0.05, 0.1) is 0 Å². The molecule has 25 heavy (non-hydrogen) atoms. The van der Waals surface area contributed by atoms with Crippen molar-refractivity contribution < 1.29 is 13.9 Å². The zero-order chi connectivity index (χ0) is 18.6. The molecular weight excluding hydrogens is 319 g/mol. The van der Waals surface area contributed by atoms with Crippen LogP contribution in [0.4, 0.5) is 14.9 Å². The zero-order valence-corrected chi connectivity index (χ0v) is 15.6. The predicted molar refractivity (Wildman–Crippen MR) is 99.2 cm³/mol. The van der Waals surface area contributed by atoms with Crippen LogP contribution >= 0.6 is 0 Å². The number of rotatable bonds is 4. The maximum absolute atomic E-state index is 13.4. The first kappa shape index (κ1) is 19.3. The maximum atomic E-state index is 13.4. The molecule has 1 N–H and O–H groups in total. The molecule has 0 saturated carbocycles. The Labute approximate surface area is 150 Å². The Hall–Kier alpha value is -2.04. The van der Waals surface area contributed by atoms with Crippen molar-refractivity contribution in [2.75, 3.05) is 18.4 Å². The van der Waals surface area contributed by atoms with E-state index in [0.29, 0.717) is 13.1 Å². The number of piperidine rings is 1. The van der Waals surface area contributed by atoms with E-state index in [1.807, 2.05) is 33.8 Å². The third-order valence-corrected chi connectivity index (χ3v) is 4.17. The molecule has 1 heterocycles. The first-order valence-corrected chi connectivity index (χ1v) is 8.78. The maximum Gasteiger partial charge on any atom is 0.410 e. The van der Waals surface area contributed by atoms with E-state index in [1.54, 1.807) is 11.0 Å². The number of halogens is 1. The van der Waals surface area contributed by atoms with Crippen LogP contribution in [0.25, 0.3) is 0 Å². The molecule has 1 aliphatic rings. The smallest absolute Gasteiger partial charge is 0.410 e. The van der Waals surface area contributed by atoms with Gasteiger partial charge in [-0.3, -0.25) is 0 Å². The van der Waals surface area contributed by atoms with Crippen molar-refractivity contribution >= 4 is 11.8 Å². The molecule has 0 spiro atoms. The van der Waals surface area contributed by atoms with Gasteiger partial charge in [0.15, 0.2) is 0 Å². The molecule has 0 aromatic heterocycles. The molecular formula is C20H29FN2O2. The molecule has 0 radical (unpaired) electrons. The Morgan fingerprint density at radius 3 is 2.76 bits per heavy atom. The summed E-state index contributed by atoms with van der Waals surface area (Å²) < 4.78 is 18.9. The summed E-state index contributed by atoms with van der Waals surface area (Å²) in [4.78, 5) is 14.1. The lowest BCUT2D eigenvalue weighted by Crippen LogP contribution is -2.49. The van der Waals surface area contributed by atoms with Crippen molar-refractivity contribution in [2.24, 2.45) is 5.92 Å². The van der Waals surface area contributed by atoms with E-state index < -0.39 is 5.60 Å². The summed E-state index contributed by atoms with van der Waals surface area (Å²) in [6.45, 7) is 12.8. The van der Waals surface area contributed by atoms with Gasteiger partial charge in [-0.05, 0) is 58.7 Å². The summed E-state index contributed by atoms with van der Waals surface area (Å²) in [5.74, 6) is -0.0466. The molecule has 1 aromatic carbocycles. The molecule has 2 atom stereocenters. The van der Waals surface area contributed by atoms with Crippen molar-refractivity contribution in [3.63, 3.8) is 0 Å². The van der Waals surface area contributed by atoms with E-state index in [-0.39, 0.29) is 23.9 Å². The van der Waals surface area contributed by atoms with Gasteiger partial charge in [0.25, 0.3) is 0 Å². The Bertz CT molecular complexity index is 624. The highest BCUT2D eigenvalue weighted by molar-refractivity contribution is 5.68. The Kier molecular flexibility index (Phi) is 6.09.